The predicted molar refractivity (Wildman–Crippen MR) is 89.3 cm³/mol. The van der Waals surface area contributed by atoms with Crippen LogP contribution < -0.4 is 5.32 Å². The summed E-state index contributed by atoms with van der Waals surface area (Å²) in [6, 6.07) is 6.92. The second-order valence-corrected chi connectivity index (χ2v) is 6.05. The van der Waals surface area contributed by atoms with Gasteiger partial charge in [-0.1, -0.05) is 19.3 Å². The summed E-state index contributed by atoms with van der Waals surface area (Å²) in [4.78, 5) is 20.7. The van der Waals surface area contributed by atoms with Crippen LogP contribution in [-0.2, 0) is 4.79 Å². The van der Waals surface area contributed by atoms with Crippen molar-refractivity contribution in [3.05, 3.63) is 36.2 Å². The molecule has 0 unspecified atom stereocenters. The molecule has 0 atom stereocenters. The zero-order valence-electron chi connectivity index (χ0n) is 13.2. The maximum Gasteiger partial charge on any atom is 0.222 e. The molecule has 2 aromatic rings. The Hall–Kier alpha value is -2.43. The third kappa shape index (κ3) is 3.67. The largest absolute Gasteiger partial charge is 0.508 e. The van der Waals surface area contributed by atoms with Gasteiger partial charge in [0, 0.05) is 18.4 Å². The van der Waals surface area contributed by atoms with Crippen molar-refractivity contribution in [2.24, 2.45) is 0 Å². The molecule has 0 saturated heterocycles. The van der Waals surface area contributed by atoms with Gasteiger partial charge in [0.2, 0.25) is 5.91 Å². The Morgan fingerprint density at radius 2 is 1.87 bits per heavy atom. The fraction of sp³-hybridized carbons (Fsp3) is 0.389. The number of nitrogens with zero attached hydrogens (tertiary/aromatic N) is 2. The zero-order chi connectivity index (χ0) is 16.2. The highest BCUT2D eigenvalue weighted by atomic mass is 16.3. The second-order valence-electron chi connectivity index (χ2n) is 6.05. The lowest BCUT2D eigenvalue weighted by atomic mass is 9.86. The lowest BCUT2D eigenvalue weighted by Crippen LogP contribution is -2.15. The van der Waals surface area contributed by atoms with E-state index in [1.165, 1.54) is 26.2 Å². The third-order valence-corrected chi connectivity index (χ3v) is 4.25. The van der Waals surface area contributed by atoms with Crippen LogP contribution in [0.2, 0.25) is 0 Å². The number of rotatable bonds is 3. The summed E-state index contributed by atoms with van der Waals surface area (Å²) in [6.07, 6.45) is 7.48. The minimum atomic E-state index is -0.131. The van der Waals surface area contributed by atoms with E-state index in [4.69, 9.17) is 4.98 Å². The molecule has 0 spiro atoms. The van der Waals surface area contributed by atoms with E-state index in [0.717, 1.165) is 29.8 Å². The molecule has 1 saturated carbocycles. The average Bonchev–Trinajstić information content (AvgIpc) is 2.56. The smallest absolute Gasteiger partial charge is 0.222 e. The van der Waals surface area contributed by atoms with E-state index in [1.807, 2.05) is 12.1 Å². The van der Waals surface area contributed by atoms with Crippen molar-refractivity contribution in [2.75, 3.05) is 5.32 Å². The fourth-order valence-corrected chi connectivity index (χ4v) is 3.10. The summed E-state index contributed by atoms with van der Waals surface area (Å²) in [7, 11) is 0. The van der Waals surface area contributed by atoms with Gasteiger partial charge in [0.25, 0.3) is 0 Å². The number of nitrogens with one attached hydrogen (secondary N) is 1. The predicted octanol–water partition coefficient (Wildman–Crippen LogP) is 3.86. The lowest BCUT2D eigenvalue weighted by molar-refractivity contribution is -0.114. The maximum atomic E-state index is 11.4. The molecule has 1 aromatic heterocycles. The third-order valence-electron chi connectivity index (χ3n) is 4.25. The number of benzene rings is 1. The van der Waals surface area contributed by atoms with E-state index in [0.29, 0.717) is 11.7 Å². The van der Waals surface area contributed by atoms with Crippen molar-refractivity contribution >= 4 is 11.7 Å². The molecule has 5 nitrogen and oxygen atoms in total. The van der Waals surface area contributed by atoms with Gasteiger partial charge in [-0.15, -0.1) is 0 Å². The first-order chi connectivity index (χ1) is 11.1. The van der Waals surface area contributed by atoms with Crippen molar-refractivity contribution in [3.63, 3.8) is 0 Å². The molecular formula is C18H21N3O2. The standard InChI is InChI=1S/C18H21N3O2/c1-12(22)20-18-17(14-5-3-2-4-6-14)21-16(11-19-18)13-7-9-15(23)10-8-13/h7-11,14,23H,2-6H2,1H3,(H,19,20,22). The highest BCUT2D eigenvalue weighted by Gasteiger charge is 2.22. The number of aromatic nitrogens is 2. The van der Waals surface area contributed by atoms with Crippen LogP contribution in [0.25, 0.3) is 11.3 Å². The summed E-state index contributed by atoms with van der Waals surface area (Å²) >= 11 is 0. The molecule has 1 heterocycles. The number of amides is 1. The second kappa shape index (κ2) is 6.77. The molecule has 1 amide bonds. The first-order valence-corrected chi connectivity index (χ1v) is 8.07. The molecule has 0 radical (unpaired) electrons. The van der Waals surface area contributed by atoms with Gasteiger partial charge in [0.05, 0.1) is 17.6 Å². The van der Waals surface area contributed by atoms with Gasteiger partial charge in [-0.25, -0.2) is 9.97 Å². The van der Waals surface area contributed by atoms with E-state index in [9.17, 15) is 9.90 Å². The van der Waals surface area contributed by atoms with E-state index < -0.39 is 0 Å². The first kappa shape index (κ1) is 15.5. The Balaban J connectivity index is 1.99. The van der Waals surface area contributed by atoms with Crippen molar-refractivity contribution in [3.8, 4) is 17.0 Å². The minimum Gasteiger partial charge on any atom is -0.508 e. The highest BCUT2D eigenvalue weighted by Crippen LogP contribution is 2.35. The van der Waals surface area contributed by atoms with Gasteiger partial charge in [0.1, 0.15) is 5.75 Å². The minimum absolute atomic E-state index is 0.131. The maximum absolute atomic E-state index is 11.4. The number of aromatic hydroxyl groups is 1. The monoisotopic (exact) mass is 311 g/mol. The summed E-state index contributed by atoms with van der Waals surface area (Å²) in [5.74, 6) is 1.01. The van der Waals surface area contributed by atoms with Crippen LogP contribution in [0, 0.1) is 0 Å². The number of phenols is 1. The van der Waals surface area contributed by atoms with Crippen LogP contribution in [0.3, 0.4) is 0 Å². The lowest BCUT2D eigenvalue weighted by Gasteiger charge is -2.23. The zero-order valence-corrected chi connectivity index (χ0v) is 13.2. The Bertz CT molecular complexity index is 692. The fourth-order valence-electron chi connectivity index (χ4n) is 3.10. The quantitative estimate of drug-likeness (QED) is 0.902. The van der Waals surface area contributed by atoms with Crippen LogP contribution in [0.5, 0.6) is 5.75 Å². The SMILES string of the molecule is CC(=O)Nc1ncc(-c2ccc(O)cc2)nc1C1CCCCC1. The Labute approximate surface area is 135 Å². The number of anilines is 1. The van der Waals surface area contributed by atoms with Crippen molar-refractivity contribution in [2.45, 2.75) is 44.9 Å². The highest BCUT2D eigenvalue weighted by molar-refractivity contribution is 5.88. The molecule has 120 valence electrons. The number of hydrogen-bond donors (Lipinski definition) is 2. The van der Waals surface area contributed by atoms with Gasteiger partial charge in [-0.05, 0) is 37.1 Å². The molecule has 5 heteroatoms. The molecule has 23 heavy (non-hydrogen) atoms. The van der Waals surface area contributed by atoms with E-state index >= 15 is 0 Å². The van der Waals surface area contributed by atoms with Crippen LogP contribution in [-0.4, -0.2) is 21.0 Å². The topological polar surface area (TPSA) is 75.1 Å². The number of phenolic OH excluding ortho intramolecular Hbond substituents is 1. The van der Waals surface area contributed by atoms with Crippen LogP contribution >= 0.6 is 0 Å². The molecule has 1 aromatic carbocycles. The van der Waals surface area contributed by atoms with Gasteiger partial charge in [-0.3, -0.25) is 4.79 Å². The summed E-state index contributed by atoms with van der Waals surface area (Å²) in [5.41, 5.74) is 2.55. The molecule has 0 bridgehead atoms. The normalized spacial score (nSPS) is 15.3. The molecular weight excluding hydrogens is 290 g/mol. The summed E-state index contributed by atoms with van der Waals surface area (Å²) < 4.78 is 0. The number of carbonyl (C=O) groups is 1. The Morgan fingerprint density at radius 3 is 2.52 bits per heavy atom. The van der Waals surface area contributed by atoms with Crippen molar-refractivity contribution in [1.29, 1.82) is 0 Å². The summed E-state index contributed by atoms with van der Waals surface area (Å²) in [5, 5.41) is 12.2. The van der Waals surface area contributed by atoms with E-state index in [-0.39, 0.29) is 11.7 Å². The van der Waals surface area contributed by atoms with E-state index in [1.54, 1.807) is 18.3 Å². The molecule has 2 N–H and O–H groups in total. The van der Waals surface area contributed by atoms with E-state index in [2.05, 4.69) is 10.3 Å². The Kier molecular flexibility index (Phi) is 4.55. The number of hydrogen-bond acceptors (Lipinski definition) is 4. The van der Waals surface area contributed by atoms with Gasteiger partial charge >= 0.3 is 0 Å². The molecule has 0 aliphatic heterocycles. The molecule has 1 aliphatic carbocycles. The first-order valence-electron chi connectivity index (χ1n) is 8.07. The van der Waals surface area contributed by atoms with Crippen molar-refractivity contribution < 1.29 is 9.90 Å². The molecule has 3 rings (SSSR count). The average molecular weight is 311 g/mol. The van der Waals surface area contributed by atoms with Gasteiger partial charge in [-0.2, -0.15) is 0 Å². The van der Waals surface area contributed by atoms with Gasteiger partial charge < -0.3 is 10.4 Å². The van der Waals surface area contributed by atoms with Crippen molar-refractivity contribution in [1.82, 2.24) is 9.97 Å². The molecule has 1 aliphatic rings. The number of carbonyl (C=O) groups excluding carboxylic acids is 1. The van der Waals surface area contributed by atoms with Gasteiger partial charge in [0.15, 0.2) is 5.82 Å². The Morgan fingerprint density at radius 1 is 1.17 bits per heavy atom. The van der Waals surface area contributed by atoms with Crippen LogP contribution in [0.1, 0.15) is 50.6 Å². The summed E-state index contributed by atoms with van der Waals surface area (Å²) in [6.45, 7) is 1.49. The van der Waals surface area contributed by atoms with Crippen LogP contribution in [0.4, 0.5) is 5.82 Å². The molecule has 1 fully saturated rings. The van der Waals surface area contributed by atoms with Crippen LogP contribution in [0.15, 0.2) is 30.5 Å².